The quantitative estimate of drug-likeness (QED) is 0.534. The van der Waals surface area contributed by atoms with Gasteiger partial charge in [-0.3, -0.25) is 14.7 Å². The average molecular weight is 460 g/mol. The van der Waals surface area contributed by atoms with E-state index in [9.17, 15) is 4.79 Å². The first-order valence-electron chi connectivity index (χ1n) is 12.4. The largest absolute Gasteiger partial charge is 0.492 e. The van der Waals surface area contributed by atoms with E-state index in [-0.39, 0.29) is 5.91 Å². The van der Waals surface area contributed by atoms with Gasteiger partial charge in [-0.2, -0.15) is 0 Å². The standard InChI is InChI=1S/C28H33N3O3/c32-28(25-5-1-7-26(20-25)34-17-14-30-12-15-33-16-13-30)31-11-3-4-23(21-31)18-22-8-9-27-24(19-22)6-2-10-29-27/h1-2,5-10,19-20,23H,3-4,11-18,21H2/t23-/m1/s1. The van der Waals surface area contributed by atoms with Crippen LogP contribution in [0.3, 0.4) is 0 Å². The fraction of sp³-hybridized carbons (Fsp3) is 0.429. The molecule has 3 aromatic rings. The molecular formula is C28H33N3O3. The maximum atomic E-state index is 13.3. The van der Waals surface area contributed by atoms with Crippen molar-refractivity contribution in [3.8, 4) is 5.75 Å². The number of amides is 1. The molecule has 0 aliphatic carbocycles. The van der Waals surface area contributed by atoms with Crippen molar-refractivity contribution in [3.63, 3.8) is 0 Å². The van der Waals surface area contributed by atoms with Crippen molar-refractivity contribution in [2.45, 2.75) is 19.3 Å². The molecule has 34 heavy (non-hydrogen) atoms. The molecule has 6 heteroatoms. The van der Waals surface area contributed by atoms with Gasteiger partial charge in [-0.1, -0.05) is 18.2 Å². The highest BCUT2D eigenvalue weighted by molar-refractivity contribution is 5.94. The fourth-order valence-corrected chi connectivity index (χ4v) is 5.02. The zero-order chi connectivity index (χ0) is 23.2. The molecule has 2 saturated heterocycles. The molecule has 1 atom stereocenters. The van der Waals surface area contributed by atoms with Crippen molar-refractivity contribution < 1.29 is 14.3 Å². The Hall–Kier alpha value is -2.96. The molecule has 1 amide bonds. The first-order valence-corrected chi connectivity index (χ1v) is 12.4. The van der Waals surface area contributed by atoms with Crippen LogP contribution in [0.1, 0.15) is 28.8 Å². The summed E-state index contributed by atoms with van der Waals surface area (Å²) in [7, 11) is 0. The lowest BCUT2D eigenvalue weighted by molar-refractivity contribution is 0.0322. The minimum absolute atomic E-state index is 0.103. The van der Waals surface area contributed by atoms with E-state index in [1.54, 1.807) is 0 Å². The van der Waals surface area contributed by atoms with Crippen molar-refractivity contribution in [2.24, 2.45) is 5.92 Å². The van der Waals surface area contributed by atoms with Crippen molar-refractivity contribution in [1.82, 2.24) is 14.8 Å². The summed E-state index contributed by atoms with van der Waals surface area (Å²) >= 11 is 0. The minimum Gasteiger partial charge on any atom is -0.492 e. The van der Waals surface area contributed by atoms with Crippen LogP contribution in [0, 0.1) is 5.92 Å². The number of nitrogens with zero attached hydrogens (tertiary/aromatic N) is 3. The van der Waals surface area contributed by atoms with Gasteiger partial charge in [0.25, 0.3) is 5.91 Å². The summed E-state index contributed by atoms with van der Waals surface area (Å²) in [6, 6.07) is 18.2. The molecule has 2 fully saturated rings. The molecule has 0 unspecified atom stereocenters. The molecule has 5 rings (SSSR count). The lowest BCUT2D eigenvalue weighted by atomic mass is 9.90. The Balaban J connectivity index is 1.17. The second-order valence-corrected chi connectivity index (χ2v) is 9.32. The minimum atomic E-state index is 0.103. The Bertz CT molecular complexity index is 1110. The molecule has 1 aromatic heterocycles. The number of hydrogen-bond acceptors (Lipinski definition) is 5. The summed E-state index contributed by atoms with van der Waals surface area (Å²) in [5.41, 5.74) is 3.05. The number of carbonyl (C=O) groups excluding carboxylic acids is 1. The lowest BCUT2D eigenvalue weighted by Gasteiger charge is -2.33. The van der Waals surface area contributed by atoms with Crippen LogP contribution >= 0.6 is 0 Å². The van der Waals surface area contributed by atoms with Crippen LogP contribution in [0.2, 0.25) is 0 Å². The van der Waals surface area contributed by atoms with Gasteiger partial charge < -0.3 is 14.4 Å². The van der Waals surface area contributed by atoms with Gasteiger partial charge in [0.05, 0.1) is 18.7 Å². The van der Waals surface area contributed by atoms with E-state index in [2.05, 4.69) is 34.1 Å². The third kappa shape index (κ3) is 5.75. The summed E-state index contributed by atoms with van der Waals surface area (Å²) in [4.78, 5) is 22.1. The van der Waals surface area contributed by atoms with Crippen LogP contribution in [0.25, 0.3) is 10.9 Å². The summed E-state index contributed by atoms with van der Waals surface area (Å²) in [5, 5.41) is 1.18. The van der Waals surface area contributed by atoms with E-state index in [1.165, 1.54) is 10.9 Å². The number of fused-ring (bicyclic) bond motifs is 1. The number of rotatable bonds is 7. The van der Waals surface area contributed by atoms with E-state index in [1.807, 2.05) is 41.4 Å². The van der Waals surface area contributed by atoms with Gasteiger partial charge in [0.15, 0.2) is 0 Å². The first kappa shape index (κ1) is 22.8. The molecular weight excluding hydrogens is 426 g/mol. The number of ether oxygens (including phenoxy) is 2. The van der Waals surface area contributed by atoms with Crippen molar-refractivity contribution >= 4 is 16.8 Å². The van der Waals surface area contributed by atoms with Crippen LogP contribution in [0.15, 0.2) is 60.8 Å². The first-order chi connectivity index (χ1) is 16.7. The van der Waals surface area contributed by atoms with Crippen LogP contribution in [0.5, 0.6) is 5.75 Å². The van der Waals surface area contributed by atoms with Gasteiger partial charge >= 0.3 is 0 Å². The number of carbonyl (C=O) groups is 1. The molecule has 0 bridgehead atoms. The number of pyridine rings is 1. The van der Waals surface area contributed by atoms with Crippen LogP contribution in [0.4, 0.5) is 0 Å². The summed E-state index contributed by atoms with van der Waals surface area (Å²) in [5.74, 6) is 1.34. The maximum absolute atomic E-state index is 13.3. The molecule has 178 valence electrons. The van der Waals surface area contributed by atoms with E-state index in [4.69, 9.17) is 9.47 Å². The highest BCUT2D eigenvalue weighted by Gasteiger charge is 2.25. The second-order valence-electron chi connectivity index (χ2n) is 9.32. The Morgan fingerprint density at radius 2 is 1.97 bits per heavy atom. The molecule has 0 N–H and O–H groups in total. The molecule has 2 aliphatic rings. The molecule has 2 aromatic carbocycles. The van der Waals surface area contributed by atoms with E-state index in [0.29, 0.717) is 18.1 Å². The summed E-state index contributed by atoms with van der Waals surface area (Å²) in [6.07, 6.45) is 5.01. The Kier molecular flexibility index (Phi) is 7.37. The number of benzene rings is 2. The zero-order valence-corrected chi connectivity index (χ0v) is 19.7. The highest BCUT2D eigenvalue weighted by atomic mass is 16.5. The Labute approximate surface area is 201 Å². The molecule has 2 aliphatic heterocycles. The summed E-state index contributed by atoms with van der Waals surface area (Å²) in [6.45, 7) is 6.59. The Morgan fingerprint density at radius 1 is 1.06 bits per heavy atom. The van der Waals surface area contributed by atoms with Crippen LogP contribution in [-0.2, 0) is 11.2 Å². The Morgan fingerprint density at radius 3 is 2.88 bits per heavy atom. The SMILES string of the molecule is O=C(c1cccc(OCCN2CCOCC2)c1)N1CCC[C@H](Cc2ccc3ncccc3c2)C1. The fourth-order valence-electron chi connectivity index (χ4n) is 5.02. The number of aromatic nitrogens is 1. The molecule has 6 nitrogen and oxygen atoms in total. The molecule has 0 radical (unpaired) electrons. The number of likely N-dealkylation sites (tertiary alicyclic amines) is 1. The topological polar surface area (TPSA) is 54.9 Å². The van der Waals surface area contributed by atoms with Crippen molar-refractivity contribution in [3.05, 3.63) is 71.9 Å². The van der Waals surface area contributed by atoms with E-state index in [0.717, 1.165) is 76.5 Å². The predicted molar refractivity (Wildman–Crippen MR) is 133 cm³/mol. The number of piperidine rings is 1. The van der Waals surface area contributed by atoms with Gasteiger partial charge in [0.2, 0.25) is 0 Å². The molecule has 3 heterocycles. The molecule has 0 saturated carbocycles. The van der Waals surface area contributed by atoms with Gasteiger partial charge in [-0.15, -0.1) is 0 Å². The van der Waals surface area contributed by atoms with Gasteiger partial charge in [-0.25, -0.2) is 0 Å². The monoisotopic (exact) mass is 459 g/mol. The van der Waals surface area contributed by atoms with Crippen molar-refractivity contribution in [2.75, 3.05) is 52.5 Å². The third-order valence-electron chi connectivity index (χ3n) is 6.86. The van der Waals surface area contributed by atoms with Crippen LogP contribution < -0.4 is 4.74 Å². The average Bonchev–Trinajstić information content (AvgIpc) is 2.89. The van der Waals surface area contributed by atoms with Crippen LogP contribution in [-0.4, -0.2) is 73.2 Å². The van der Waals surface area contributed by atoms with E-state index >= 15 is 0 Å². The highest BCUT2D eigenvalue weighted by Crippen LogP contribution is 2.25. The normalized spacial score (nSPS) is 19.3. The number of morpholine rings is 1. The van der Waals surface area contributed by atoms with Gasteiger partial charge in [0, 0.05) is 49.9 Å². The van der Waals surface area contributed by atoms with Gasteiger partial charge in [0.1, 0.15) is 12.4 Å². The van der Waals surface area contributed by atoms with Gasteiger partial charge in [-0.05, 0) is 67.1 Å². The predicted octanol–water partition coefficient (Wildman–Crippen LogP) is 4.04. The van der Waals surface area contributed by atoms with E-state index < -0.39 is 0 Å². The third-order valence-corrected chi connectivity index (χ3v) is 6.86. The second kappa shape index (κ2) is 11.0. The number of hydrogen-bond donors (Lipinski definition) is 0. The lowest BCUT2D eigenvalue weighted by Crippen LogP contribution is -2.40. The zero-order valence-electron chi connectivity index (χ0n) is 19.7. The maximum Gasteiger partial charge on any atom is 0.253 e. The summed E-state index contributed by atoms with van der Waals surface area (Å²) < 4.78 is 11.4. The smallest absolute Gasteiger partial charge is 0.253 e. The van der Waals surface area contributed by atoms with Crippen molar-refractivity contribution in [1.29, 1.82) is 0 Å². The molecule has 0 spiro atoms.